The zero-order valence-corrected chi connectivity index (χ0v) is 16.6. The molecule has 2 N–H and O–H groups in total. The van der Waals surface area contributed by atoms with Crippen LogP contribution in [-0.2, 0) is 9.59 Å². The first-order chi connectivity index (χ1) is 14.2. The molecule has 6 heteroatoms. The maximum atomic E-state index is 11.9. The van der Waals surface area contributed by atoms with Gasteiger partial charge in [0, 0.05) is 51.0 Å². The van der Waals surface area contributed by atoms with Gasteiger partial charge in [-0.05, 0) is 23.8 Å². The highest BCUT2D eigenvalue weighted by atomic mass is 16.2. The van der Waals surface area contributed by atoms with E-state index in [0.717, 1.165) is 38.3 Å². The molecule has 29 heavy (non-hydrogen) atoms. The third kappa shape index (κ3) is 7.08. The molecule has 0 aliphatic carbocycles. The average molecular weight is 393 g/mol. The van der Waals surface area contributed by atoms with Gasteiger partial charge < -0.3 is 15.5 Å². The van der Waals surface area contributed by atoms with Gasteiger partial charge in [-0.3, -0.25) is 14.5 Å². The predicted octanol–water partition coefficient (Wildman–Crippen LogP) is 1.75. The molecule has 0 bridgehead atoms. The topological polar surface area (TPSA) is 64.7 Å². The minimum atomic E-state index is -0.277. The summed E-state index contributed by atoms with van der Waals surface area (Å²) in [7, 11) is 0. The number of benzene rings is 2. The van der Waals surface area contributed by atoms with Crippen molar-refractivity contribution >= 4 is 23.6 Å². The van der Waals surface area contributed by atoms with Crippen LogP contribution in [0.2, 0.25) is 0 Å². The number of carbonyl (C=O) groups is 2. The monoisotopic (exact) mass is 392 g/mol. The van der Waals surface area contributed by atoms with Crippen LogP contribution in [0.25, 0.3) is 6.08 Å². The number of nitrogens with zero attached hydrogens (tertiary/aromatic N) is 2. The zero-order chi connectivity index (χ0) is 20.3. The van der Waals surface area contributed by atoms with Gasteiger partial charge >= 0.3 is 0 Å². The van der Waals surface area contributed by atoms with Crippen LogP contribution in [0.15, 0.2) is 66.7 Å². The standard InChI is InChI=1S/C23H28N4O2/c28-22(12-11-20-7-3-1-4-8-20)25-19-23(29)24-13-14-26-15-17-27(18-16-26)21-9-5-2-6-10-21/h1-12H,13-19H2,(H,24,29)(H,25,28)/b12-11+. The second-order valence-corrected chi connectivity index (χ2v) is 6.98. The summed E-state index contributed by atoms with van der Waals surface area (Å²) in [4.78, 5) is 28.5. The highest BCUT2D eigenvalue weighted by Crippen LogP contribution is 2.15. The van der Waals surface area contributed by atoms with Gasteiger partial charge in [-0.1, -0.05) is 48.5 Å². The molecule has 2 aromatic carbocycles. The highest BCUT2D eigenvalue weighted by Gasteiger charge is 2.16. The van der Waals surface area contributed by atoms with E-state index < -0.39 is 0 Å². The van der Waals surface area contributed by atoms with Gasteiger partial charge in [-0.25, -0.2) is 0 Å². The fourth-order valence-electron chi connectivity index (χ4n) is 3.25. The summed E-state index contributed by atoms with van der Waals surface area (Å²) >= 11 is 0. The van der Waals surface area contributed by atoms with E-state index in [1.807, 2.05) is 36.4 Å². The molecule has 2 amide bonds. The van der Waals surface area contributed by atoms with Crippen LogP contribution < -0.4 is 15.5 Å². The van der Waals surface area contributed by atoms with Gasteiger partial charge in [-0.15, -0.1) is 0 Å². The molecule has 1 aliphatic heterocycles. The number of hydrogen-bond acceptors (Lipinski definition) is 4. The van der Waals surface area contributed by atoms with E-state index in [1.54, 1.807) is 6.08 Å². The van der Waals surface area contributed by atoms with Crippen molar-refractivity contribution in [2.75, 3.05) is 50.7 Å². The minimum absolute atomic E-state index is 0.0141. The summed E-state index contributed by atoms with van der Waals surface area (Å²) in [6.07, 6.45) is 3.16. The number of nitrogens with one attached hydrogen (secondary N) is 2. The van der Waals surface area contributed by atoms with E-state index in [4.69, 9.17) is 0 Å². The molecule has 0 unspecified atom stereocenters. The first-order valence-electron chi connectivity index (χ1n) is 10.0. The van der Waals surface area contributed by atoms with Crippen molar-refractivity contribution < 1.29 is 9.59 Å². The van der Waals surface area contributed by atoms with Gasteiger partial charge in [0.2, 0.25) is 11.8 Å². The Balaban J connectivity index is 1.27. The largest absolute Gasteiger partial charge is 0.369 e. The Morgan fingerprint density at radius 1 is 0.862 bits per heavy atom. The molecule has 0 radical (unpaired) electrons. The van der Waals surface area contributed by atoms with Crippen LogP contribution in [0, 0.1) is 0 Å². The molecule has 0 saturated carbocycles. The Kier molecular flexibility index (Phi) is 7.83. The summed E-state index contributed by atoms with van der Waals surface area (Å²) in [6.45, 7) is 5.32. The fourth-order valence-corrected chi connectivity index (χ4v) is 3.25. The molecule has 1 fully saturated rings. The molecule has 0 atom stereocenters. The molecule has 6 nitrogen and oxygen atoms in total. The van der Waals surface area contributed by atoms with Crippen LogP contribution in [0.3, 0.4) is 0 Å². The normalized spacial score (nSPS) is 14.7. The van der Waals surface area contributed by atoms with E-state index in [2.05, 4.69) is 44.7 Å². The van der Waals surface area contributed by atoms with E-state index in [9.17, 15) is 9.59 Å². The second-order valence-electron chi connectivity index (χ2n) is 6.98. The third-order valence-electron chi connectivity index (χ3n) is 4.89. The van der Waals surface area contributed by atoms with Gasteiger partial charge in [0.05, 0.1) is 6.54 Å². The molecular weight excluding hydrogens is 364 g/mol. The zero-order valence-electron chi connectivity index (χ0n) is 16.6. The summed E-state index contributed by atoms with van der Waals surface area (Å²) in [6, 6.07) is 20.0. The van der Waals surface area contributed by atoms with Crippen LogP contribution in [0.5, 0.6) is 0 Å². The fraction of sp³-hybridized carbons (Fsp3) is 0.304. The second kappa shape index (κ2) is 11.0. The maximum Gasteiger partial charge on any atom is 0.244 e. The van der Waals surface area contributed by atoms with Gasteiger partial charge in [0.15, 0.2) is 0 Å². The predicted molar refractivity (Wildman–Crippen MR) is 117 cm³/mol. The van der Waals surface area contributed by atoms with Gasteiger partial charge in [-0.2, -0.15) is 0 Å². The quantitative estimate of drug-likeness (QED) is 0.672. The highest BCUT2D eigenvalue weighted by molar-refractivity contribution is 5.94. The van der Waals surface area contributed by atoms with Crippen molar-refractivity contribution in [1.82, 2.24) is 15.5 Å². The third-order valence-corrected chi connectivity index (χ3v) is 4.89. The number of hydrogen-bond donors (Lipinski definition) is 2. The molecule has 2 aromatic rings. The Morgan fingerprint density at radius 3 is 2.21 bits per heavy atom. The van der Waals surface area contributed by atoms with E-state index in [-0.39, 0.29) is 18.4 Å². The number of rotatable bonds is 8. The maximum absolute atomic E-state index is 11.9. The number of piperazine rings is 1. The molecule has 1 saturated heterocycles. The molecular formula is C23H28N4O2. The van der Waals surface area contributed by atoms with Crippen LogP contribution in [-0.4, -0.2) is 62.5 Å². The SMILES string of the molecule is O=C(/C=C/c1ccccc1)NCC(=O)NCCN1CCN(c2ccccc2)CC1. The number of para-hydroxylation sites is 1. The van der Waals surface area contributed by atoms with E-state index in [1.165, 1.54) is 11.8 Å². The first-order valence-corrected chi connectivity index (χ1v) is 10.0. The summed E-state index contributed by atoms with van der Waals surface area (Å²) in [5.74, 6) is -0.449. The van der Waals surface area contributed by atoms with Crippen molar-refractivity contribution in [1.29, 1.82) is 0 Å². The lowest BCUT2D eigenvalue weighted by Gasteiger charge is -2.36. The number of amides is 2. The summed E-state index contributed by atoms with van der Waals surface area (Å²) in [5.41, 5.74) is 2.21. The average Bonchev–Trinajstić information content (AvgIpc) is 2.78. The Bertz CT molecular complexity index is 800. The van der Waals surface area contributed by atoms with Gasteiger partial charge in [0.25, 0.3) is 0 Å². The Labute approximate surface area is 172 Å². The van der Waals surface area contributed by atoms with Crippen molar-refractivity contribution in [3.8, 4) is 0 Å². The molecule has 1 heterocycles. The van der Waals surface area contributed by atoms with Crippen molar-refractivity contribution in [2.45, 2.75) is 0 Å². The first kappa shape index (κ1) is 20.6. The van der Waals surface area contributed by atoms with Crippen LogP contribution in [0.4, 0.5) is 5.69 Å². The molecule has 152 valence electrons. The van der Waals surface area contributed by atoms with E-state index in [0.29, 0.717) is 6.54 Å². The molecule has 1 aliphatic rings. The minimum Gasteiger partial charge on any atom is -0.369 e. The summed E-state index contributed by atoms with van der Waals surface area (Å²) < 4.78 is 0. The molecule has 3 rings (SSSR count). The van der Waals surface area contributed by atoms with Crippen molar-refractivity contribution in [3.05, 3.63) is 72.3 Å². The molecule has 0 aromatic heterocycles. The number of carbonyl (C=O) groups excluding carboxylic acids is 2. The van der Waals surface area contributed by atoms with Crippen molar-refractivity contribution in [3.63, 3.8) is 0 Å². The Hall–Kier alpha value is -3.12. The lowest BCUT2D eigenvalue weighted by Crippen LogP contribution is -2.49. The van der Waals surface area contributed by atoms with E-state index >= 15 is 0 Å². The number of anilines is 1. The summed E-state index contributed by atoms with van der Waals surface area (Å²) in [5, 5.41) is 5.48. The van der Waals surface area contributed by atoms with Crippen LogP contribution >= 0.6 is 0 Å². The van der Waals surface area contributed by atoms with Crippen molar-refractivity contribution in [2.24, 2.45) is 0 Å². The molecule has 0 spiro atoms. The van der Waals surface area contributed by atoms with Crippen LogP contribution in [0.1, 0.15) is 5.56 Å². The lowest BCUT2D eigenvalue weighted by molar-refractivity contribution is -0.123. The Morgan fingerprint density at radius 2 is 1.52 bits per heavy atom. The lowest BCUT2D eigenvalue weighted by atomic mass is 10.2. The smallest absolute Gasteiger partial charge is 0.244 e. The van der Waals surface area contributed by atoms with Gasteiger partial charge in [0.1, 0.15) is 0 Å².